The van der Waals surface area contributed by atoms with Crippen LogP contribution in [0.3, 0.4) is 0 Å². The third kappa shape index (κ3) is 3.43. The molecule has 1 amide bonds. The second-order valence-corrected chi connectivity index (χ2v) is 6.70. The van der Waals surface area contributed by atoms with Gasteiger partial charge in [-0.3, -0.25) is 14.4 Å². The lowest BCUT2D eigenvalue weighted by Gasteiger charge is -2.49. The minimum absolute atomic E-state index is 0.0370. The van der Waals surface area contributed by atoms with Crippen LogP contribution in [-0.4, -0.2) is 68.9 Å². The fourth-order valence-corrected chi connectivity index (χ4v) is 3.71. The summed E-state index contributed by atoms with van der Waals surface area (Å²) in [5, 5.41) is 15.0. The first-order chi connectivity index (χ1) is 12.0. The molecular weight excluding hydrogens is 318 g/mol. The standard InChI is InChI=1S/C18H25N5O2/c1-21(2)18(15-6-4-3-5-7-15)9-11-22(12-16(18)24)17(25)8-10-23-14-19-13-20-23/h3-7,13-14,16,24H,8-12H2,1-2H3/t16-,18+/m1/s1. The first-order valence-corrected chi connectivity index (χ1v) is 8.55. The minimum atomic E-state index is -0.644. The average molecular weight is 343 g/mol. The molecule has 0 saturated carbocycles. The van der Waals surface area contributed by atoms with Crippen molar-refractivity contribution < 1.29 is 9.90 Å². The number of piperidine rings is 1. The number of likely N-dealkylation sites (tertiary alicyclic amines) is 1. The lowest BCUT2D eigenvalue weighted by molar-refractivity contribution is -0.141. The normalized spacial score (nSPS) is 23.8. The van der Waals surface area contributed by atoms with E-state index in [0.29, 0.717) is 32.5 Å². The third-order valence-corrected chi connectivity index (χ3v) is 5.15. The monoisotopic (exact) mass is 343 g/mol. The van der Waals surface area contributed by atoms with Gasteiger partial charge in [-0.1, -0.05) is 30.3 Å². The number of hydrogen-bond donors (Lipinski definition) is 1. The minimum Gasteiger partial charge on any atom is -0.389 e. The molecule has 25 heavy (non-hydrogen) atoms. The van der Waals surface area contributed by atoms with Crippen molar-refractivity contribution in [1.29, 1.82) is 0 Å². The van der Waals surface area contributed by atoms with Crippen LogP contribution in [0.25, 0.3) is 0 Å². The van der Waals surface area contributed by atoms with Crippen molar-refractivity contribution in [3.63, 3.8) is 0 Å². The van der Waals surface area contributed by atoms with Crippen LogP contribution in [0.15, 0.2) is 43.0 Å². The molecule has 1 fully saturated rings. The lowest BCUT2D eigenvalue weighted by Crippen LogP contribution is -2.60. The number of carbonyl (C=O) groups is 1. The summed E-state index contributed by atoms with van der Waals surface area (Å²) >= 11 is 0. The fourth-order valence-electron chi connectivity index (χ4n) is 3.71. The van der Waals surface area contributed by atoms with Gasteiger partial charge in [-0.05, 0) is 26.1 Å². The number of aliphatic hydroxyl groups is 1. The molecule has 2 atom stereocenters. The van der Waals surface area contributed by atoms with Crippen LogP contribution in [0, 0.1) is 0 Å². The molecule has 0 radical (unpaired) electrons. The Hall–Kier alpha value is -2.25. The highest BCUT2D eigenvalue weighted by atomic mass is 16.3. The van der Waals surface area contributed by atoms with E-state index in [2.05, 4.69) is 15.0 Å². The van der Waals surface area contributed by atoms with Crippen LogP contribution in [0.1, 0.15) is 18.4 Å². The van der Waals surface area contributed by atoms with E-state index in [-0.39, 0.29) is 5.91 Å². The van der Waals surface area contributed by atoms with Crippen LogP contribution < -0.4 is 0 Å². The van der Waals surface area contributed by atoms with E-state index in [1.165, 1.54) is 6.33 Å². The maximum absolute atomic E-state index is 12.5. The number of likely N-dealkylation sites (N-methyl/N-ethyl adjacent to an activating group) is 1. The Labute approximate surface area is 147 Å². The highest BCUT2D eigenvalue weighted by Gasteiger charge is 2.46. The molecule has 0 unspecified atom stereocenters. The zero-order chi connectivity index (χ0) is 17.9. The number of aliphatic hydroxyl groups excluding tert-OH is 1. The first kappa shape index (κ1) is 17.6. The predicted octanol–water partition coefficient (Wildman–Crippen LogP) is 0.718. The van der Waals surface area contributed by atoms with E-state index in [0.717, 1.165) is 5.56 Å². The molecule has 0 aliphatic carbocycles. The average Bonchev–Trinajstić information content (AvgIpc) is 3.13. The van der Waals surface area contributed by atoms with Gasteiger partial charge in [0.05, 0.1) is 18.2 Å². The van der Waals surface area contributed by atoms with Crippen molar-refractivity contribution in [3.05, 3.63) is 48.5 Å². The maximum Gasteiger partial charge on any atom is 0.224 e. The molecule has 0 spiro atoms. The molecule has 2 aromatic rings. The van der Waals surface area contributed by atoms with Crippen LogP contribution >= 0.6 is 0 Å². The van der Waals surface area contributed by atoms with E-state index in [9.17, 15) is 9.90 Å². The summed E-state index contributed by atoms with van der Waals surface area (Å²) in [5.74, 6) is 0.0370. The molecule has 1 aromatic heterocycles. The molecule has 3 rings (SSSR count). The van der Waals surface area contributed by atoms with Gasteiger partial charge >= 0.3 is 0 Å². The van der Waals surface area contributed by atoms with Crippen molar-refractivity contribution in [2.75, 3.05) is 27.2 Å². The number of amides is 1. The van der Waals surface area contributed by atoms with Gasteiger partial charge in [0.2, 0.25) is 5.91 Å². The van der Waals surface area contributed by atoms with Gasteiger partial charge in [0, 0.05) is 19.5 Å². The molecule has 1 aliphatic heterocycles. The Morgan fingerprint density at radius 3 is 2.72 bits per heavy atom. The second kappa shape index (κ2) is 7.33. The number of benzene rings is 1. The smallest absolute Gasteiger partial charge is 0.224 e. The van der Waals surface area contributed by atoms with Gasteiger partial charge in [0.15, 0.2) is 0 Å². The van der Waals surface area contributed by atoms with E-state index < -0.39 is 11.6 Å². The van der Waals surface area contributed by atoms with Crippen LogP contribution in [0.2, 0.25) is 0 Å². The first-order valence-electron chi connectivity index (χ1n) is 8.55. The number of aryl methyl sites for hydroxylation is 1. The number of aromatic nitrogens is 3. The topological polar surface area (TPSA) is 74.5 Å². The molecule has 7 nitrogen and oxygen atoms in total. The predicted molar refractivity (Wildman–Crippen MR) is 93.6 cm³/mol. The fraction of sp³-hybridized carbons (Fsp3) is 0.500. The molecule has 2 heterocycles. The third-order valence-electron chi connectivity index (χ3n) is 5.15. The largest absolute Gasteiger partial charge is 0.389 e. The van der Waals surface area contributed by atoms with Crippen molar-refractivity contribution in [1.82, 2.24) is 24.6 Å². The maximum atomic E-state index is 12.5. The highest BCUT2D eigenvalue weighted by Crippen LogP contribution is 2.37. The van der Waals surface area contributed by atoms with Crippen LogP contribution in [0.5, 0.6) is 0 Å². The molecule has 0 bridgehead atoms. The summed E-state index contributed by atoms with van der Waals surface area (Å²) in [6, 6.07) is 10.0. The Kier molecular flexibility index (Phi) is 5.15. The SMILES string of the molecule is CN(C)[C@]1(c2ccccc2)CCN(C(=O)CCn2cncn2)C[C@H]1O. The molecule has 1 saturated heterocycles. The Morgan fingerprint density at radius 1 is 1.36 bits per heavy atom. The molecule has 1 N–H and O–H groups in total. The summed E-state index contributed by atoms with van der Waals surface area (Å²) in [7, 11) is 3.97. The van der Waals surface area contributed by atoms with Gasteiger partial charge < -0.3 is 10.0 Å². The van der Waals surface area contributed by atoms with E-state index >= 15 is 0 Å². The van der Waals surface area contributed by atoms with Gasteiger partial charge in [0.25, 0.3) is 0 Å². The summed E-state index contributed by atoms with van der Waals surface area (Å²) in [6.07, 6.45) is 3.47. The Morgan fingerprint density at radius 2 is 2.12 bits per heavy atom. The summed E-state index contributed by atoms with van der Waals surface area (Å²) in [4.78, 5) is 20.2. The summed E-state index contributed by atoms with van der Waals surface area (Å²) in [5.41, 5.74) is 0.617. The summed E-state index contributed by atoms with van der Waals surface area (Å²) < 4.78 is 1.65. The number of carbonyl (C=O) groups excluding carboxylic acids is 1. The van der Waals surface area contributed by atoms with Gasteiger partial charge in [0.1, 0.15) is 12.7 Å². The highest BCUT2D eigenvalue weighted by molar-refractivity contribution is 5.76. The Bertz CT molecular complexity index is 689. The number of β-amino-alcohol motifs (C(OH)–C–C–N with tert-alkyl or cyclic N) is 1. The molecular formula is C18H25N5O2. The number of rotatable bonds is 5. The van der Waals surface area contributed by atoms with E-state index in [1.54, 1.807) is 15.9 Å². The Balaban J connectivity index is 1.69. The molecule has 1 aromatic carbocycles. The molecule has 134 valence electrons. The van der Waals surface area contributed by atoms with Crippen molar-refractivity contribution in [2.45, 2.75) is 31.0 Å². The van der Waals surface area contributed by atoms with E-state index in [1.807, 2.05) is 44.4 Å². The lowest BCUT2D eigenvalue weighted by atomic mass is 9.77. The van der Waals surface area contributed by atoms with Gasteiger partial charge in [-0.2, -0.15) is 5.10 Å². The second-order valence-electron chi connectivity index (χ2n) is 6.70. The molecule has 1 aliphatic rings. The quantitative estimate of drug-likeness (QED) is 0.866. The summed E-state index contributed by atoms with van der Waals surface area (Å²) in [6.45, 7) is 1.46. The van der Waals surface area contributed by atoms with Crippen molar-refractivity contribution in [2.24, 2.45) is 0 Å². The van der Waals surface area contributed by atoms with Gasteiger partial charge in [-0.25, -0.2) is 4.98 Å². The van der Waals surface area contributed by atoms with Crippen molar-refractivity contribution in [3.8, 4) is 0 Å². The number of hydrogen-bond acceptors (Lipinski definition) is 5. The van der Waals surface area contributed by atoms with Gasteiger partial charge in [-0.15, -0.1) is 0 Å². The van der Waals surface area contributed by atoms with E-state index in [4.69, 9.17) is 0 Å². The zero-order valence-electron chi connectivity index (χ0n) is 14.7. The van der Waals surface area contributed by atoms with Crippen LogP contribution in [0.4, 0.5) is 0 Å². The van der Waals surface area contributed by atoms with Crippen LogP contribution in [-0.2, 0) is 16.9 Å². The molecule has 7 heteroatoms. The zero-order valence-corrected chi connectivity index (χ0v) is 14.7. The number of nitrogens with zero attached hydrogens (tertiary/aromatic N) is 5. The van der Waals surface area contributed by atoms with Crippen molar-refractivity contribution >= 4 is 5.91 Å².